The number of nitrogens with zero attached hydrogens (tertiary/aromatic N) is 4. The highest BCUT2D eigenvalue weighted by atomic mass is 16.5. The Bertz CT molecular complexity index is 1370. The maximum absolute atomic E-state index is 13.6. The SMILES string of the molecule is CCOc1ccc(NC(=O)/C(C#N)=C/c2c(N3CCC[C@@H](C)C3)nc3c(C)cccn3c2=O)cc1. The Kier molecular flexibility index (Phi) is 7.16. The highest BCUT2D eigenvalue weighted by Gasteiger charge is 2.24. The molecule has 1 saturated heterocycles. The van der Waals surface area contributed by atoms with E-state index in [-0.39, 0.29) is 16.7 Å². The second-order valence-corrected chi connectivity index (χ2v) is 8.81. The molecule has 3 aromatic rings. The molecular weight excluding hydrogens is 442 g/mol. The summed E-state index contributed by atoms with van der Waals surface area (Å²) in [5, 5.41) is 12.5. The molecule has 2 aromatic heterocycles. The van der Waals surface area contributed by atoms with Crippen molar-refractivity contribution in [3.05, 3.63) is 69.6 Å². The molecule has 8 heteroatoms. The molecular formula is C27H29N5O3. The number of carbonyl (C=O) groups excluding carboxylic acids is 1. The van der Waals surface area contributed by atoms with Crippen molar-refractivity contribution in [2.24, 2.45) is 5.92 Å². The number of hydrogen-bond acceptors (Lipinski definition) is 6. The van der Waals surface area contributed by atoms with Crippen LogP contribution in [0.3, 0.4) is 0 Å². The molecule has 0 saturated carbocycles. The van der Waals surface area contributed by atoms with Crippen LogP contribution in [0.4, 0.5) is 11.5 Å². The third-order valence-electron chi connectivity index (χ3n) is 6.10. The van der Waals surface area contributed by atoms with Gasteiger partial charge in [0, 0.05) is 25.0 Å². The number of pyridine rings is 1. The van der Waals surface area contributed by atoms with E-state index in [2.05, 4.69) is 17.1 Å². The minimum Gasteiger partial charge on any atom is -0.494 e. The number of fused-ring (bicyclic) bond motifs is 1. The Morgan fingerprint density at radius 1 is 1.31 bits per heavy atom. The quantitative estimate of drug-likeness (QED) is 0.428. The topological polar surface area (TPSA) is 99.7 Å². The van der Waals surface area contributed by atoms with Crippen LogP contribution in [-0.4, -0.2) is 35.0 Å². The van der Waals surface area contributed by atoms with E-state index < -0.39 is 5.91 Å². The molecule has 1 amide bonds. The van der Waals surface area contributed by atoms with Crippen LogP contribution < -0.4 is 20.5 Å². The lowest BCUT2D eigenvalue weighted by atomic mass is 10.00. The minimum absolute atomic E-state index is 0.170. The summed E-state index contributed by atoms with van der Waals surface area (Å²) in [4.78, 5) is 33.4. The van der Waals surface area contributed by atoms with Crippen LogP contribution in [-0.2, 0) is 4.79 Å². The number of piperidine rings is 1. The second-order valence-electron chi connectivity index (χ2n) is 8.81. The standard InChI is InChI=1S/C27H29N5O3/c1-4-35-22-11-9-21(10-12-22)29-26(33)20(16-28)15-23-25(31-13-5-7-18(2)17-31)30-24-19(3)8-6-14-32(24)27(23)34/h6,8-12,14-15,18H,4-5,7,13,17H2,1-3H3,(H,29,33)/b20-15+/t18-/m1/s1. The Balaban J connectivity index is 1.76. The highest BCUT2D eigenvalue weighted by Crippen LogP contribution is 2.26. The van der Waals surface area contributed by atoms with E-state index in [1.807, 2.05) is 26.0 Å². The van der Waals surface area contributed by atoms with E-state index in [0.717, 1.165) is 31.5 Å². The van der Waals surface area contributed by atoms with Gasteiger partial charge in [-0.2, -0.15) is 5.26 Å². The van der Waals surface area contributed by atoms with Gasteiger partial charge in [-0.25, -0.2) is 4.98 Å². The molecule has 3 heterocycles. The summed E-state index contributed by atoms with van der Waals surface area (Å²) in [5.74, 6) is 1.06. The number of hydrogen-bond donors (Lipinski definition) is 1. The first-order valence-corrected chi connectivity index (χ1v) is 11.8. The Labute approximate surface area is 204 Å². The van der Waals surface area contributed by atoms with Gasteiger partial charge in [-0.3, -0.25) is 14.0 Å². The van der Waals surface area contributed by atoms with Gasteiger partial charge in [0.05, 0.1) is 12.2 Å². The van der Waals surface area contributed by atoms with Crippen LogP contribution in [0.15, 0.2) is 53.0 Å². The third-order valence-corrected chi connectivity index (χ3v) is 6.10. The summed E-state index contributed by atoms with van der Waals surface area (Å²) in [6, 6.07) is 12.5. The van der Waals surface area contributed by atoms with Crippen LogP contribution in [0.1, 0.15) is 37.8 Å². The Hall–Kier alpha value is -4.12. The van der Waals surface area contributed by atoms with Gasteiger partial charge < -0.3 is 15.0 Å². The van der Waals surface area contributed by atoms with E-state index in [1.54, 1.807) is 36.5 Å². The zero-order valence-electron chi connectivity index (χ0n) is 20.2. The average Bonchev–Trinajstić information content (AvgIpc) is 2.85. The molecule has 35 heavy (non-hydrogen) atoms. The molecule has 1 aliphatic heterocycles. The van der Waals surface area contributed by atoms with Crippen LogP contribution in [0.5, 0.6) is 5.75 Å². The molecule has 180 valence electrons. The number of anilines is 2. The van der Waals surface area contributed by atoms with Crippen molar-refractivity contribution < 1.29 is 9.53 Å². The molecule has 4 rings (SSSR count). The minimum atomic E-state index is -0.594. The van der Waals surface area contributed by atoms with E-state index in [0.29, 0.717) is 35.4 Å². The van der Waals surface area contributed by atoms with Crippen molar-refractivity contribution in [1.82, 2.24) is 9.38 Å². The monoisotopic (exact) mass is 471 g/mol. The van der Waals surface area contributed by atoms with Gasteiger partial charge in [0.15, 0.2) is 0 Å². The summed E-state index contributed by atoms with van der Waals surface area (Å²) in [7, 11) is 0. The lowest BCUT2D eigenvalue weighted by molar-refractivity contribution is -0.112. The Morgan fingerprint density at radius 2 is 2.09 bits per heavy atom. The number of carbonyl (C=O) groups is 1. The van der Waals surface area contributed by atoms with E-state index >= 15 is 0 Å². The van der Waals surface area contributed by atoms with Gasteiger partial charge in [0.1, 0.15) is 28.9 Å². The molecule has 1 aliphatic rings. The number of nitriles is 1. The van der Waals surface area contributed by atoms with E-state index in [1.165, 1.54) is 10.5 Å². The first-order chi connectivity index (χ1) is 16.9. The number of aryl methyl sites for hydroxylation is 1. The number of ether oxygens (including phenoxy) is 1. The van der Waals surface area contributed by atoms with Gasteiger partial charge in [-0.15, -0.1) is 0 Å². The lowest BCUT2D eigenvalue weighted by Crippen LogP contribution is -2.37. The molecule has 8 nitrogen and oxygen atoms in total. The fraction of sp³-hybridized carbons (Fsp3) is 0.333. The number of amides is 1. The number of aromatic nitrogens is 2. The molecule has 0 aliphatic carbocycles. The maximum atomic E-state index is 13.6. The van der Waals surface area contributed by atoms with E-state index in [4.69, 9.17) is 9.72 Å². The summed E-state index contributed by atoms with van der Waals surface area (Å²) in [5.41, 5.74) is 1.72. The van der Waals surface area contributed by atoms with Crippen molar-refractivity contribution in [3.8, 4) is 11.8 Å². The fourth-order valence-electron chi connectivity index (χ4n) is 4.34. The molecule has 1 N–H and O–H groups in total. The predicted molar refractivity (Wildman–Crippen MR) is 137 cm³/mol. The number of rotatable bonds is 6. The van der Waals surface area contributed by atoms with Crippen molar-refractivity contribution in [1.29, 1.82) is 5.26 Å². The van der Waals surface area contributed by atoms with Gasteiger partial charge in [0.25, 0.3) is 11.5 Å². The average molecular weight is 472 g/mol. The second kappa shape index (κ2) is 10.4. The smallest absolute Gasteiger partial charge is 0.267 e. The summed E-state index contributed by atoms with van der Waals surface area (Å²) in [6.07, 6.45) is 5.12. The van der Waals surface area contributed by atoms with Gasteiger partial charge >= 0.3 is 0 Å². The molecule has 0 bridgehead atoms. The third kappa shape index (κ3) is 5.19. The summed E-state index contributed by atoms with van der Waals surface area (Å²) in [6.45, 7) is 8.04. The molecule has 0 spiro atoms. The highest BCUT2D eigenvalue weighted by molar-refractivity contribution is 6.10. The van der Waals surface area contributed by atoms with Crippen molar-refractivity contribution in [2.75, 3.05) is 29.9 Å². The maximum Gasteiger partial charge on any atom is 0.267 e. The molecule has 1 aromatic carbocycles. The molecule has 0 unspecified atom stereocenters. The first kappa shape index (κ1) is 24.0. The zero-order valence-corrected chi connectivity index (χ0v) is 20.2. The number of benzene rings is 1. The normalized spacial score (nSPS) is 16.1. The van der Waals surface area contributed by atoms with Crippen LogP contribution in [0.25, 0.3) is 11.7 Å². The molecule has 0 radical (unpaired) electrons. The Morgan fingerprint density at radius 3 is 2.77 bits per heavy atom. The van der Waals surface area contributed by atoms with Crippen LogP contribution in [0, 0.1) is 24.2 Å². The van der Waals surface area contributed by atoms with Crippen LogP contribution >= 0.6 is 0 Å². The van der Waals surface area contributed by atoms with Gasteiger partial charge in [-0.05, 0) is 74.6 Å². The lowest BCUT2D eigenvalue weighted by Gasteiger charge is -2.32. The van der Waals surface area contributed by atoms with Crippen molar-refractivity contribution >= 4 is 29.1 Å². The summed E-state index contributed by atoms with van der Waals surface area (Å²) >= 11 is 0. The molecule has 1 fully saturated rings. The van der Waals surface area contributed by atoms with Gasteiger partial charge in [0.2, 0.25) is 0 Å². The van der Waals surface area contributed by atoms with Gasteiger partial charge in [-0.1, -0.05) is 13.0 Å². The zero-order chi connectivity index (χ0) is 24.9. The van der Waals surface area contributed by atoms with Crippen LogP contribution in [0.2, 0.25) is 0 Å². The first-order valence-electron chi connectivity index (χ1n) is 11.8. The van der Waals surface area contributed by atoms with E-state index in [9.17, 15) is 14.9 Å². The fourth-order valence-corrected chi connectivity index (χ4v) is 4.34. The van der Waals surface area contributed by atoms with Crippen molar-refractivity contribution in [2.45, 2.75) is 33.6 Å². The predicted octanol–water partition coefficient (Wildman–Crippen LogP) is 4.18. The summed E-state index contributed by atoms with van der Waals surface area (Å²) < 4.78 is 6.89. The number of nitrogens with one attached hydrogen (secondary N) is 1. The largest absolute Gasteiger partial charge is 0.494 e. The molecule has 1 atom stereocenters. The van der Waals surface area contributed by atoms with Crippen molar-refractivity contribution in [3.63, 3.8) is 0 Å².